The van der Waals surface area contributed by atoms with Crippen LogP contribution in [-0.2, 0) is 6.42 Å². The van der Waals surface area contributed by atoms with Crippen LogP contribution in [0.3, 0.4) is 0 Å². The molecule has 6 nitrogen and oxygen atoms in total. The molecule has 0 amide bonds. The number of nitrogens with zero attached hydrogens (tertiary/aromatic N) is 3. The van der Waals surface area contributed by atoms with Gasteiger partial charge >= 0.3 is 0 Å². The fourth-order valence-electron chi connectivity index (χ4n) is 1.38. The maximum Gasteiger partial charge on any atom is 0.228 e. The van der Waals surface area contributed by atoms with Gasteiger partial charge in [0.1, 0.15) is 0 Å². The Hall–Kier alpha value is -0.860. The van der Waals surface area contributed by atoms with Gasteiger partial charge in [-0.3, -0.25) is 4.99 Å². The van der Waals surface area contributed by atoms with E-state index in [0.717, 1.165) is 24.9 Å². The number of halogens is 1. The summed E-state index contributed by atoms with van der Waals surface area (Å²) in [6, 6.07) is 0. The molecule has 0 aromatic carbocycles. The fraction of sp³-hybridized carbons (Fsp3) is 0.750. The van der Waals surface area contributed by atoms with E-state index in [4.69, 9.17) is 4.52 Å². The minimum absolute atomic E-state index is 0. The van der Waals surface area contributed by atoms with E-state index in [2.05, 4.69) is 25.8 Å². The molecule has 0 atom stereocenters. The number of hydrogen-bond acceptors (Lipinski definition) is 4. The summed E-state index contributed by atoms with van der Waals surface area (Å²) >= 11 is 0. The van der Waals surface area contributed by atoms with Gasteiger partial charge in [0.15, 0.2) is 11.8 Å². The average molecular weight is 381 g/mol. The lowest BCUT2D eigenvalue weighted by atomic mass is 10.2. The Labute approximate surface area is 131 Å². The molecule has 7 heteroatoms. The zero-order valence-electron chi connectivity index (χ0n) is 12.1. The van der Waals surface area contributed by atoms with Crippen molar-refractivity contribution in [2.75, 3.05) is 19.6 Å². The topological polar surface area (TPSA) is 75.3 Å². The minimum Gasteiger partial charge on any atom is -0.357 e. The number of rotatable bonds is 6. The molecule has 0 spiro atoms. The molecule has 0 saturated heterocycles. The third kappa shape index (κ3) is 6.74. The number of aromatic nitrogens is 2. The second kappa shape index (κ2) is 9.99. The van der Waals surface area contributed by atoms with Gasteiger partial charge in [-0.15, -0.1) is 24.0 Å². The highest BCUT2D eigenvalue weighted by Gasteiger charge is 2.08. The van der Waals surface area contributed by atoms with E-state index in [1.165, 1.54) is 0 Å². The van der Waals surface area contributed by atoms with Crippen molar-refractivity contribution in [3.63, 3.8) is 0 Å². The van der Waals surface area contributed by atoms with Crippen LogP contribution in [0.1, 0.15) is 45.3 Å². The Balaban J connectivity index is 0.00000324. The Morgan fingerprint density at radius 2 is 1.89 bits per heavy atom. The zero-order chi connectivity index (χ0) is 13.4. The highest BCUT2D eigenvalue weighted by Crippen LogP contribution is 2.09. The van der Waals surface area contributed by atoms with E-state index in [1.807, 2.05) is 27.7 Å². The summed E-state index contributed by atoms with van der Waals surface area (Å²) in [5.74, 6) is 2.52. The molecule has 0 aliphatic carbocycles. The van der Waals surface area contributed by atoms with Crippen molar-refractivity contribution in [1.82, 2.24) is 20.8 Å². The van der Waals surface area contributed by atoms with Crippen molar-refractivity contribution in [1.29, 1.82) is 0 Å². The Kier molecular flexibility index (Phi) is 9.54. The molecule has 0 fully saturated rings. The molecule has 2 N–H and O–H groups in total. The lowest BCUT2D eigenvalue weighted by Crippen LogP contribution is -2.37. The van der Waals surface area contributed by atoms with Crippen LogP contribution >= 0.6 is 24.0 Å². The first-order chi connectivity index (χ1) is 8.67. The van der Waals surface area contributed by atoms with E-state index >= 15 is 0 Å². The van der Waals surface area contributed by atoms with Crippen LogP contribution in [0.15, 0.2) is 9.52 Å². The number of nitrogens with one attached hydrogen (secondary N) is 2. The summed E-state index contributed by atoms with van der Waals surface area (Å²) in [6.45, 7) is 10.5. The first kappa shape index (κ1) is 18.1. The molecule has 0 aliphatic heterocycles. The number of guanidine groups is 1. The molecule has 0 aliphatic rings. The summed E-state index contributed by atoms with van der Waals surface area (Å²) in [4.78, 5) is 8.73. The lowest BCUT2D eigenvalue weighted by Gasteiger charge is -2.08. The van der Waals surface area contributed by atoms with Crippen LogP contribution in [0.5, 0.6) is 0 Å². The molecule has 110 valence electrons. The van der Waals surface area contributed by atoms with Gasteiger partial charge < -0.3 is 15.2 Å². The van der Waals surface area contributed by atoms with Crippen LogP contribution in [-0.4, -0.2) is 35.7 Å². The van der Waals surface area contributed by atoms with Crippen LogP contribution in [0.4, 0.5) is 0 Å². The highest BCUT2D eigenvalue weighted by atomic mass is 127. The summed E-state index contributed by atoms with van der Waals surface area (Å²) in [5.41, 5.74) is 0. The summed E-state index contributed by atoms with van der Waals surface area (Å²) in [7, 11) is 0. The normalized spacial score (nSPS) is 9.95. The molecule has 1 rings (SSSR count). The van der Waals surface area contributed by atoms with E-state index in [1.54, 1.807) is 0 Å². The maximum absolute atomic E-state index is 5.16. The van der Waals surface area contributed by atoms with Gasteiger partial charge in [0.25, 0.3) is 0 Å². The largest absolute Gasteiger partial charge is 0.357 e. The van der Waals surface area contributed by atoms with Crippen molar-refractivity contribution < 1.29 is 4.52 Å². The van der Waals surface area contributed by atoms with Gasteiger partial charge in [-0.25, -0.2) is 0 Å². The van der Waals surface area contributed by atoms with Gasteiger partial charge in [-0.05, 0) is 13.8 Å². The molecule has 0 radical (unpaired) electrons. The second-order valence-electron chi connectivity index (χ2n) is 4.24. The van der Waals surface area contributed by atoms with E-state index in [9.17, 15) is 0 Å². The van der Waals surface area contributed by atoms with Gasteiger partial charge in [0, 0.05) is 25.4 Å². The zero-order valence-corrected chi connectivity index (χ0v) is 14.4. The minimum atomic E-state index is 0. The molecule has 0 saturated carbocycles. The molecule has 19 heavy (non-hydrogen) atoms. The number of aliphatic imine (C=N–C) groups is 1. The Bertz CT molecular complexity index is 370. The first-order valence-electron chi connectivity index (χ1n) is 6.52. The lowest BCUT2D eigenvalue weighted by molar-refractivity contribution is 0.372. The summed E-state index contributed by atoms with van der Waals surface area (Å²) in [5, 5.41) is 10.3. The number of hydrogen-bond donors (Lipinski definition) is 2. The van der Waals surface area contributed by atoms with Gasteiger partial charge in [0.2, 0.25) is 5.89 Å². The average Bonchev–Trinajstić information content (AvgIpc) is 2.78. The predicted octanol–water partition coefficient (Wildman–Crippen LogP) is 1.93. The smallest absolute Gasteiger partial charge is 0.228 e. The van der Waals surface area contributed by atoms with Crippen molar-refractivity contribution in [3.8, 4) is 0 Å². The molecular weight excluding hydrogens is 357 g/mol. The van der Waals surface area contributed by atoms with E-state index in [0.29, 0.717) is 24.8 Å². The van der Waals surface area contributed by atoms with Crippen LogP contribution in [0.2, 0.25) is 0 Å². The van der Waals surface area contributed by atoms with Crippen molar-refractivity contribution in [2.45, 2.75) is 40.0 Å². The molecule has 1 heterocycles. The second-order valence-corrected chi connectivity index (χ2v) is 4.24. The quantitative estimate of drug-likeness (QED) is 0.448. The summed E-state index contributed by atoms with van der Waals surface area (Å²) in [6.07, 6.45) is 0.667. The third-order valence-electron chi connectivity index (χ3n) is 2.28. The van der Waals surface area contributed by atoms with Crippen molar-refractivity contribution in [3.05, 3.63) is 11.7 Å². The third-order valence-corrected chi connectivity index (χ3v) is 2.28. The molecular formula is C12H24IN5O. The Morgan fingerprint density at radius 3 is 2.37 bits per heavy atom. The standard InChI is InChI=1S/C12H23N5O.HI/c1-5-13-12(14-6-2)15-8-7-10-16-11(9(3)4)17-18-10;/h9H,5-8H2,1-4H3,(H2,13,14,15);1H. The van der Waals surface area contributed by atoms with E-state index < -0.39 is 0 Å². The molecule has 0 unspecified atom stereocenters. The molecule has 0 bridgehead atoms. The molecule has 1 aromatic rings. The van der Waals surface area contributed by atoms with Crippen LogP contribution in [0, 0.1) is 0 Å². The Morgan fingerprint density at radius 1 is 1.26 bits per heavy atom. The SMILES string of the molecule is CCNC(=NCCc1nc(C(C)C)no1)NCC.I. The molecule has 1 aromatic heterocycles. The maximum atomic E-state index is 5.16. The van der Waals surface area contributed by atoms with E-state index in [-0.39, 0.29) is 24.0 Å². The van der Waals surface area contributed by atoms with Crippen LogP contribution < -0.4 is 10.6 Å². The van der Waals surface area contributed by atoms with Crippen molar-refractivity contribution in [2.24, 2.45) is 4.99 Å². The van der Waals surface area contributed by atoms with Gasteiger partial charge in [0.05, 0.1) is 6.54 Å². The van der Waals surface area contributed by atoms with Crippen LogP contribution in [0.25, 0.3) is 0 Å². The van der Waals surface area contributed by atoms with Gasteiger partial charge in [-0.1, -0.05) is 19.0 Å². The fourth-order valence-corrected chi connectivity index (χ4v) is 1.38. The summed E-state index contributed by atoms with van der Waals surface area (Å²) < 4.78 is 5.16. The highest BCUT2D eigenvalue weighted by molar-refractivity contribution is 14.0. The van der Waals surface area contributed by atoms with Gasteiger partial charge in [-0.2, -0.15) is 4.98 Å². The predicted molar refractivity (Wildman–Crippen MR) is 87.2 cm³/mol. The monoisotopic (exact) mass is 381 g/mol. The van der Waals surface area contributed by atoms with Crippen molar-refractivity contribution >= 4 is 29.9 Å². The first-order valence-corrected chi connectivity index (χ1v) is 6.52.